The highest BCUT2D eigenvalue weighted by atomic mass is 35.5. The maximum Gasteiger partial charge on any atom is 0.187 e. The standard InChI is InChI=1S/C14H13ClN2O2S/c15-11-7-10(9-20-14-16-3-1-4-17-14)8-12-13(11)19-6-2-5-18-12/h1,3-4,7-8H,2,5-6,9H2. The second kappa shape index (κ2) is 6.33. The molecule has 2 heterocycles. The monoisotopic (exact) mass is 308 g/mol. The number of nitrogens with zero attached hydrogens (tertiary/aromatic N) is 2. The van der Waals surface area contributed by atoms with Gasteiger partial charge in [-0.2, -0.15) is 0 Å². The first kappa shape index (κ1) is 13.5. The average molecular weight is 309 g/mol. The maximum atomic E-state index is 6.26. The number of thioether (sulfide) groups is 1. The Kier molecular flexibility index (Phi) is 4.28. The predicted molar refractivity (Wildman–Crippen MR) is 78.7 cm³/mol. The smallest absolute Gasteiger partial charge is 0.187 e. The Balaban J connectivity index is 1.77. The number of aromatic nitrogens is 2. The fourth-order valence-electron chi connectivity index (χ4n) is 1.88. The zero-order valence-electron chi connectivity index (χ0n) is 10.7. The number of fused-ring (bicyclic) bond motifs is 1. The second-order valence-corrected chi connectivity index (χ2v) is 5.63. The molecule has 0 unspecified atom stereocenters. The van der Waals surface area contributed by atoms with Crippen LogP contribution in [0.15, 0.2) is 35.7 Å². The van der Waals surface area contributed by atoms with Crippen molar-refractivity contribution in [2.24, 2.45) is 0 Å². The molecule has 0 saturated heterocycles. The molecule has 4 nitrogen and oxygen atoms in total. The number of rotatable bonds is 3. The Morgan fingerprint density at radius 1 is 1.15 bits per heavy atom. The van der Waals surface area contributed by atoms with E-state index in [-0.39, 0.29) is 0 Å². The third-order valence-electron chi connectivity index (χ3n) is 2.77. The number of halogens is 1. The molecule has 104 valence electrons. The van der Waals surface area contributed by atoms with Gasteiger partial charge in [0.05, 0.1) is 18.2 Å². The summed E-state index contributed by atoms with van der Waals surface area (Å²) in [4.78, 5) is 8.36. The van der Waals surface area contributed by atoms with Gasteiger partial charge >= 0.3 is 0 Å². The van der Waals surface area contributed by atoms with Crippen molar-refractivity contribution < 1.29 is 9.47 Å². The first-order valence-corrected chi connectivity index (χ1v) is 7.67. The van der Waals surface area contributed by atoms with Crippen LogP contribution in [0.25, 0.3) is 0 Å². The fourth-order valence-corrected chi connectivity index (χ4v) is 2.90. The minimum Gasteiger partial charge on any atom is -0.489 e. The van der Waals surface area contributed by atoms with Gasteiger partial charge in [-0.25, -0.2) is 9.97 Å². The van der Waals surface area contributed by atoms with E-state index in [1.165, 1.54) is 0 Å². The summed E-state index contributed by atoms with van der Waals surface area (Å²) in [6.07, 6.45) is 4.33. The summed E-state index contributed by atoms with van der Waals surface area (Å²) in [5.41, 5.74) is 1.07. The lowest BCUT2D eigenvalue weighted by Gasteiger charge is -2.11. The van der Waals surface area contributed by atoms with Crippen LogP contribution >= 0.6 is 23.4 Å². The van der Waals surface area contributed by atoms with Crippen molar-refractivity contribution in [2.75, 3.05) is 13.2 Å². The molecule has 0 saturated carbocycles. The van der Waals surface area contributed by atoms with Crippen molar-refractivity contribution in [1.29, 1.82) is 0 Å². The van der Waals surface area contributed by atoms with Gasteiger partial charge < -0.3 is 9.47 Å². The largest absolute Gasteiger partial charge is 0.489 e. The molecule has 0 atom stereocenters. The summed E-state index contributed by atoms with van der Waals surface area (Å²) < 4.78 is 11.3. The summed E-state index contributed by atoms with van der Waals surface area (Å²) in [5, 5.41) is 1.34. The molecule has 0 N–H and O–H groups in total. The molecule has 0 amide bonds. The zero-order chi connectivity index (χ0) is 13.8. The zero-order valence-corrected chi connectivity index (χ0v) is 12.3. The molecule has 0 bridgehead atoms. The molecule has 1 aromatic heterocycles. The molecule has 1 aromatic carbocycles. The summed E-state index contributed by atoms with van der Waals surface area (Å²) >= 11 is 7.82. The normalized spacial score (nSPS) is 13.8. The first-order valence-electron chi connectivity index (χ1n) is 6.31. The van der Waals surface area contributed by atoms with E-state index < -0.39 is 0 Å². The highest BCUT2D eigenvalue weighted by Crippen LogP contribution is 2.39. The summed E-state index contributed by atoms with van der Waals surface area (Å²) in [5.74, 6) is 2.11. The van der Waals surface area contributed by atoms with Crippen molar-refractivity contribution in [2.45, 2.75) is 17.3 Å². The fraction of sp³-hybridized carbons (Fsp3) is 0.286. The number of ether oxygens (including phenoxy) is 2. The van der Waals surface area contributed by atoms with Crippen LogP contribution in [0.3, 0.4) is 0 Å². The summed E-state index contributed by atoms with van der Waals surface area (Å²) in [6.45, 7) is 1.29. The van der Waals surface area contributed by atoms with Crippen LogP contribution in [0.4, 0.5) is 0 Å². The molecule has 0 spiro atoms. The lowest BCUT2D eigenvalue weighted by atomic mass is 10.2. The Morgan fingerprint density at radius 3 is 2.80 bits per heavy atom. The topological polar surface area (TPSA) is 44.2 Å². The van der Waals surface area contributed by atoms with Crippen LogP contribution < -0.4 is 9.47 Å². The molecule has 2 aromatic rings. The molecule has 1 aliphatic heterocycles. The van der Waals surface area contributed by atoms with Crippen molar-refractivity contribution in [1.82, 2.24) is 9.97 Å². The van der Waals surface area contributed by atoms with Crippen LogP contribution in [0, 0.1) is 0 Å². The van der Waals surface area contributed by atoms with Gasteiger partial charge in [-0.1, -0.05) is 23.4 Å². The molecule has 6 heteroatoms. The molecule has 0 fully saturated rings. The minimum absolute atomic E-state index is 0.592. The molecule has 1 aliphatic rings. The third-order valence-corrected chi connectivity index (χ3v) is 4.00. The molecule has 0 radical (unpaired) electrons. The summed E-state index contributed by atoms with van der Waals surface area (Å²) in [7, 11) is 0. The van der Waals surface area contributed by atoms with Crippen molar-refractivity contribution in [3.05, 3.63) is 41.2 Å². The average Bonchev–Trinajstić information content (AvgIpc) is 2.72. The minimum atomic E-state index is 0.592. The molecule has 0 aliphatic carbocycles. The summed E-state index contributed by atoms with van der Waals surface area (Å²) in [6, 6.07) is 5.68. The van der Waals surface area contributed by atoms with E-state index in [9.17, 15) is 0 Å². The first-order chi connectivity index (χ1) is 9.83. The lowest BCUT2D eigenvalue weighted by molar-refractivity contribution is 0.297. The molecule has 20 heavy (non-hydrogen) atoms. The predicted octanol–water partition coefficient (Wildman–Crippen LogP) is 3.58. The van der Waals surface area contributed by atoms with Crippen LogP contribution in [0.2, 0.25) is 5.02 Å². The van der Waals surface area contributed by atoms with Crippen molar-refractivity contribution >= 4 is 23.4 Å². The Bertz CT molecular complexity index is 595. The van der Waals surface area contributed by atoms with E-state index in [0.29, 0.717) is 24.0 Å². The van der Waals surface area contributed by atoms with Gasteiger partial charge in [-0.3, -0.25) is 0 Å². The SMILES string of the molecule is Clc1cc(CSc2ncccn2)cc2c1OCCCO2. The molecular formula is C14H13ClN2O2S. The number of hydrogen-bond donors (Lipinski definition) is 0. The molecule has 3 rings (SSSR count). The van der Waals surface area contributed by atoms with Crippen molar-refractivity contribution in [3.8, 4) is 11.5 Å². The van der Waals surface area contributed by atoms with Gasteiger partial charge in [0.2, 0.25) is 0 Å². The van der Waals surface area contributed by atoms with Crippen LogP contribution in [-0.2, 0) is 5.75 Å². The highest BCUT2D eigenvalue weighted by molar-refractivity contribution is 7.98. The van der Waals surface area contributed by atoms with E-state index in [0.717, 1.165) is 28.6 Å². The third kappa shape index (κ3) is 3.16. The van der Waals surface area contributed by atoms with Gasteiger partial charge in [-0.15, -0.1) is 0 Å². The van der Waals surface area contributed by atoms with E-state index >= 15 is 0 Å². The second-order valence-electron chi connectivity index (χ2n) is 4.28. The lowest BCUT2D eigenvalue weighted by Crippen LogP contribution is -1.97. The van der Waals surface area contributed by atoms with E-state index in [2.05, 4.69) is 9.97 Å². The van der Waals surface area contributed by atoms with Crippen LogP contribution in [0.1, 0.15) is 12.0 Å². The van der Waals surface area contributed by atoms with E-state index in [1.54, 1.807) is 30.2 Å². The number of hydrogen-bond acceptors (Lipinski definition) is 5. The van der Waals surface area contributed by atoms with E-state index in [1.807, 2.05) is 12.1 Å². The molecular weight excluding hydrogens is 296 g/mol. The highest BCUT2D eigenvalue weighted by Gasteiger charge is 2.15. The van der Waals surface area contributed by atoms with Gasteiger partial charge in [0.1, 0.15) is 0 Å². The number of benzene rings is 1. The van der Waals surface area contributed by atoms with Gasteiger partial charge in [0.15, 0.2) is 16.7 Å². The van der Waals surface area contributed by atoms with Crippen molar-refractivity contribution in [3.63, 3.8) is 0 Å². The van der Waals surface area contributed by atoms with Crippen LogP contribution in [0.5, 0.6) is 11.5 Å². The maximum absolute atomic E-state index is 6.26. The Morgan fingerprint density at radius 2 is 1.95 bits per heavy atom. The van der Waals surface area contributed by atoms with Gasteiger partial charge in [0.25, 0.3) is 0 Å². The van der Waals surface area contributed by atoms with Crippen LogP contribution in [-0.4, -0.2) is 23.2 Å². The quantitative estimate of drug-likeness (QED) is 0.640. The van der Waals surface area contributed by atoms with E-state index in [4.69, 9.17) is 21.1 Å². The van der Waals surface area contributed by atoms with Gasteiger partial charge in [0, 0.05) is 24.6 Å². The Hall–Kier alpha value is -1.46. The van der Waals surface area contributed by atoms with Gasteiger partial charge in [-0.05, 0) is 23.8 Å². The Labute approximate surface area is 126 Å².